The Morgan fingerprint density at radius 2 is 1.50 bits per heavy atom. The van der Waals surface area contributed by atoms with Crippen molar-refractivity contribution >= 4 is 5.57 Å². The minimum atomic E-state index is -4.47. The third-order valence-electron chi connectivity index (χ3n) is 2.85. The van der Waals surface area contributed by atoms with Gasteiger partial charge in [-0.1, -0.05) is 48.5 Å². The van der Waals surface area contributed by atoms with E-state index in [4.69, 9.17) is 0 Å². The van der Waals surface area contributed by atoms with Gasteiger partial charge in [-0.15, -0.1) is 0 Å². The summed E-state index contributed by atoms with van der Waals surface area (Å²) in [6.45, 7) is 0. The third kappa shape index (κ3) is 3.70. The molecule has 0 heterocycles. The van der Waals surface area contributed by atoms with Gasteiger partial charge in [0, 0.05) is 0 Å². The van der Waals surface area contributed by atoms with Crippen molar-refractivity contribution in [2.24, 2.45) is 0 Å². The molecule has 0 aromatic heterocycles. The van der Waals surface area contributed by atoms with E-state index in [0.717, 1.165) is 35.9 Å². The largest absolute Gasteiger partial charge is 0.416 e. The van der Waals surface area contributed by atoms with E-state index in [1.165, 1.54) is 0 Å². The molecule has 0 aliphatic carbocycles. The molecule has 0 radical (unpaired) electrons. The third-order valence-corrected chi connectivity index (χ3v) is 2.85. The molecule has 20 heavy (non-hydrogen) atoms. The molecule has 0 saturated carbocycles. The number of allylic oxidation sites excluding steroid dienone is 2. The average molecular weight is 280 g/mol. The van der Waals surface area contributed by atoms with Crippen LogP contribution in [0, 0.1) is 5.82 Å². The van der Waals surface area contributed by atoms with Gasteiger partial charge in [0.25, 0.3) is 0 Å². The Balaban J connectivity index is 2.31. The Kier molecular flexibility index (Phi) is 4.23. The molecular formula is C16H12F4. The van der Waals surface area contributed by atoms with Gasteiger partial charge in [-0.2, -0.15) is 13.2 Å². The Labute approximate surface area is 114 Å². The fraction of sp³-hybridized carbons (Fsp3) is 0.125. The maximum atomic E-state index is 13.0. The molecule has 4 heteroatoms. The normalized spacial score (nSPS) is 12.5. The maximum Gasteiger partial charge on any atom is 0.416 e. The van der Waals surface area contributed by atoms with Gasteiger partial charge in [0.2, 0.25) is 0 Å². The fourth-order valence-electron chi connectivity index (χ4n) is 1.86. The second-order valence-electron chi connectivity index (χ2n) is 4.31. The summed E-state index contributed by atoms with van der Waals surface area (Å²) >= 11 is 0. The van der Waals surface area contributed by atoms with Crippen LogP contribution in [0.2, 0.25) is 0 Å². The Hall–Kier alpha value is -2.10. The summed E-state index contributed by atoms with van der Waals surface area (Å²) in [4.78, 5) is 0. The summed E-state index contributed by atoms with van der Waals surface area (Å²) in [5.41, 5.74) is 0.00699. The Morgan fingerprint density at radius 3 is 2.05 bits per heavy atom. The molecule has 0 aliphatic heterocycles. The van der Waals surface area contributed by atoms with Gasteiger partial charge in [0.1, 0.15) is 5.82 Å². The lowest BCUT2D eigenvalue weighted by atomic mass is 10.0. The van der Waals surface area contributed by atoms with E-state index in [1.54, 1.807) is 30.3 Å². The molecule has 2 aromatic carbocycles. The summed E-state index contributed by atoms with van der Waals surface area (Å²) in [5, 5.41) is 0. The van der Waals surface area contributed by atoms with Crippen LogP contribution in [0.3, 0.4) is 0 Å². The summed E-state index contributed by atoms with van der Waals surface area (Å²) in [5.74, 6) is -0.557. The van der Waals surface area contributed by atoms with Crippen molar-refractivity contribution < 1.29 is 17.6 Å². The summed E-state index contributed by atoms with van der Waals surface area (Å²) in [6.07, 6.45) is -3.16. The number of hydrogen-bond acceptors (Lipinski definition) is 0. The molecule has 0 amide bonds. The summed E-state index contributed by atoms with van der Waals surface area (Å²) in [7, 11) is 0. The molecule has 0 bridgehead atoms. The second-order valence-corrected chi connectivity index (χ2v) is 4.31. The minimum absolute atomic E-state index is 0.0326. The van der Waals surface area contributed by atoms with Crippen molar-refractivity contribution in [3.8, 4) is 0 Å². The summed E-state index contributed by atoms with van der Waals surface area (Å²) < 4.78 is 51.9. The van der Waals surface area contributed by atoms with Crippen molar-refractivity contribution in [3.05, 3.63) is 77.6 Å². The highest BCUT2D eigenvalue weighted by molar-refractivity contribution is 5.69. The number of rotatable bonds is 3. The maximum absolute atomic E-state index is 13.0. The zero-order chi connectivity index (χ0) is 14.6. The molecule has 2 rings (SSSR count). The predicted molar refractivity (Wildman–Crippen MR) is 70.6 cm³/mol. The quantitative estimate of drug-likeness (QED) is 0.693. The SMILES string of the molecule is Fc1ccc(/C(=C\Cc2ccccc2)C(F)(F)F)cc1. The number of hydrogen-bond donors (Lipinski definition) is 0. The van der Waals surface area contributed by atoms with E-state index in [2.05, 4.69) is 0 Å². The second kappa shape index (κ2) is 5.90. The van der Waals surface area contributed by atoms with Crippen LogP contribution in [0.4, 0.5) is 17.6 Å². The van der Waals surface area contributed by atoms with E-state index in [1.807, 2.05) is 0 Å². The predicted octanol–water partition coefficient (Wildman–Crippen LogP) is 5.01. The van der Waals surface area contributed by atoms with Gasteiger partial charge in [-0.05, 0) is 29.7 Å². The van der Waals surface area contributed by atoms with E-state index < -0.39 is 17.6 Å². The highest BCUT2D eigenvalue weighted by Gasteiger charge is 2.34. The van der Waals surface area contributed by atoms with Crippen LogP contribution < -0.4 is 0 Å². The average Bonchev–Trinajstić information content (AvgIpc) is 2.41. The van der Waals surface area contributed by atoms with Crippen LogP contribution >= 0.6 is 0 Å². The van der Waals surface area contributed by atoms with Crippen LogP contribution in [0.25, 0.3) is 5.57 Å². The van der Waals surface area contributed by atoms with Gasteiger partial charge in [-0.25, -0.2) is 4.39 Å². The van der Waals surface area contributed by atoms with Crippen molar-refractivity contribution in [2.45, 2.75) is 12.6 Å². The molecule has 0 aliphatic rings. The highest BCUT2D eigenvalue weighted by Crippen LogP contribution is 2.34. The molecule has 2 aromatic rings. The van der Waals surface area contributed by atoms with Crippen molar-refractivity contribution in [2.75, 3.05) is 0 Å². The zero-order valence-corrected chi connectivity index (χ0v) is 10.5. The standard InChI is InChI=1S/C16H12F4/c17-14-9-7-13(8-10-14)15(16(18,19)20)11-6-12-4-2-1-3-5-12/h1-5,7-11H,6H2/b15-11+. The van der Waals surface area contributed by atoms with E-state index in [-0.39, 0.29) is 12.0 Å². The number of halogens is 4. The molecule has 104 valence electrons. The molecule has 0 nitrogen and oxygen atoms in total. The lowest BCUT2D eigenvalue weighted by molar-refractivity contribution is -0.0690. The molecule has 0 spiro atoms. The van der Waals surface area contributed by atoms with Crippen LogP contribution in [-0.2, 0) is 6.42 Å². The van der Waals surface area contributed by atoms with Crippen LogP contribution in [0.1, 0.15) is 11.1 Å². The molecule has 0 N–H and O–H groups in total. The van der Waals surface area contributed by atoms with Crippen LogP contribution in [0.5, 0.6) is 0 Å². The molecule has 0 unspecified atom stereocenters. The van der Waals surface area contributed by atoms with Gasteiger partial charge >= 0.3 is 6.18 Å². The van der Waals surface area contributed by atoms with Gasteiger partial charge in [-0.3, -0.25) is 0 Å². The van der Waals surface area contributed by atoms with Crippen molar-refractivity contribution in [1.82, 2.24) is 0 Å². The van der Waals surface area contributed by atoms with E-state index in [9.17, 15) is 17.6 Å². The Morgan fingerprint density at radius 1 is 0.900 bits per heavy atom. The first-order valence-electron chi connectivity index (χ1n) is 6.04. The van der Waals surface area contributed by atoms with Crippen LogP contribution in [0.15, 0.2) is 60.7 Å². The van der Waals surface area contributed by atoms with Gasteiger partial charge in [0.15, 0.2) is 0 Å². The first-order valence-corrected chi connectivity index (χ1v) is 6.04. The molecule has 0 saturated heterocycles. The molecule has 0 atom stereocenters. The summed E-state index contributed by atoms with van der Waals surface area (Å²) in [6, 6.07) is 13.2. The lowest BCUT2D eigenvalue weighted by Crippen LogP contribution is -2.11. The fourth-order valence-corrected chi connectivity index (χ4v) is 1.86. The monoisotopic (exact) mass is 280 g/mol. The molecular weight excluding hydrogens is 268 g/mol. The zero-order valence-electron chi connectivity index (χ0n) is 10.5. The number of benzene rings is 2. The van der Waals surface area contributed by atoms with Crippen molar-refractivity contribution in [1.29, 1.82) is 0 Å². The number of alkyl halides is 3. The van der Waals surface area contributed by atoms with E-state index in [0.29, 0.717) is 0 Å². The topological polar surface area (TPSA) is 0 Å². The molecule has 0 fully saturated rings. The van der Waals surface area contributed by atoms with E-state index >= 15 is 0 Å². The smallest absolute Gasteiger partial charge is 0.207 e. The van der Waals surface area contributed by atoms with Crippen LogP contribution in [-0.4, -0.2) is 6.18 Å². The first kappa shape index (κ1) is 14.3. The van der Waals surface area contributed by atoms with Gasteiger partial charge in [0.05, 0.1) is 5.57 Å². The first-order chi connectivity index (χ1) is 9.47. The Bertz CT molecular complexity index is 580. The van der Waals surface area contributed by atoms with Gasteiger partial charge < -0.3 is 0 Å². The minimum Gasteiger partial charge on any atom is -0.207 e. The highest BCUT2D eigenvalue weighted by atomic mass is 19.4. The van der Waals surface area contributed by atoms with Crippen molar-refractivity contribution in [3.63, 3.8) is 0 Å². The lowest BCUT2D eigenvalue weighted by Gasteiger charge is -2.12.